The van der Waals surface area contributed by atoms with Crippen molar-refractivity contribution < 1.29 is 28.6 Å². The zero-order valence-corrected chi connectivity index (χ0v) is 42.1. The van der Waals surface area contributed by atoms with Crippen LogP contribution in [0.2, 0.25) is 0 Å². The molecular weight excluding hydrogens is 817 g/mol. The largest absolute Gasteiger partial charge is 0.462 e. The van der Waals surface area contributed by atoms with Gasteiger partial charge in [0.05, 0.1) is 6.42 Å². The van der Waals surface area contributed by atoms with Crippen molar-refractivity contribution in [1.82, 2.24) is 0 Å². The van der Waals surface area contributed by atoms with Crippen molar-refractivity contribution in [2.24, 2.45) is 0 Å². The number of allylic oxidation sites excluding steroid dienone is 21. The molecule has 0 aromatic heterocycles. The molecule has 0 N–H and O–H groups in total. The minimum atomic E-state index is -0.845. The van der Waals surface area contributed by atoms with Gasteiger partial charge in [-0.3, -0.25) is 14.4 Å². The molecule has 0 amide bonds. The summed E-state index contributed by atoms with van der Waals surface area (Å²) in [6.45, 7) is 6.27. The van der Waals surface area contributed by atoms with Gasteiger partial charge in [0.2, 0.25) is 0 Å². The van der Waals surface area contributed by atoms with E-state index in [0.717, 1.165) is 116 Å². The van der Waals surface area contributed by atoms with Gasteiger partial charge < -0.3 is 14.2 Å². The Kier molecular flexibility index (Phi) is 49.6. The maximum atomic E-state index is 12.7. The number of hydrogen-bond acceptors (Lipinski definition) is 6. The van der Waals surface area contributed by atoms with Crippen LogP contribution in [0.5, 0.6) is 0 Å². The predicted molar refractivity (Wildman–Crippen MR) is 283 cm³/mol. The summed E-state index contributed by atoms with van der Waals surface area (Å²) in [5, 5.41) is 0. The van der Waals surface area contributed by atoms with Gasteiger partial charge in [0, 0.05) is 12.8 Å². The molecule has 0 fully saturated rings. The maximum Gasteiger partial charge on any atom is 0.310 e. The zero-order chi connectivity index (χ0) is 47.9. The van der Waals surface area contributed by atoms with Crippen molar-refractivity contribution in [2.45, 2.75) is 213 Å². The molecule has 0 saturated heterocycles. The van der Waals surface area contributed by atoms with E-state index < -0.39 is 12.1 Å². The molecule has 1 atom stereocenters. The van der Waals surface area contributed by atoms with Crippen LogP contribution in [0.3, 0.4) is 0 Å². The van der Waals surface area contributed by atoms with Gasteiger partial charge in [-0.25, -0.2) is 0 Å². The van der Waals surface area contributed by atoms with Crippen LogP contribution in [0.1, 0.15) is 207 Å². The fourth-order valence-electron chi connectivity index (χ4n) is 6.58. The number of esters is 3. The molecule has 0 aliphatic rings. The Balaban J connectivity index is 4.50. The van der Waals surface area contributed by atoms with Gasteiger partial charge in [0.25, 0.3) is 0 Å². The molecule has 0 saturated carbocycles. The maximum absolute atomic E-state index is 12.7. The average molecular weight is 911 g/mol. The summed E-state index contributed by atoms with van der Waals surface area (Å²) in [5.74, 6) is -1.10. The third-order valence-electron chi connectivity index (χ3n) is 10.4. The molecule has 0 bridgehead atoms. The molecule has 0 aliphatic heterocycles. The van der Waals surface area contributed by atoms with Gasteiger partial charge in [0.1, 0.15) is 13.2 Å². The van der Waals surface area contributed by atoms with Gasteiger partial charge in [-0.1, -0.05) is 225 Å². The summed E-state index contributed by atoms with van der Waals surface area (Å²) >= 11 is 0. The number of rotatable bonds is 45. The number of carbonyl (C=O) groups is 3. The smallest absolute Gasteiger partial charge is 0.310 e. The minimum absolute atomic E-state index is 0.0864. The van der Waals surface area contributed by atoms with Crippen molar-refractivity contribution in [3.8, 4) is 0 Å². The highest BCUT2D eigenvalue weighted by molar-refractivity contribution is 5.72. The van der Waals surface area contributed by atoms with Crippen molar-refractivity contribution in [3.05, 3.63) is 134 Å². The molecule has 66 heavy (non-hydrogen) atoms. The number of hydrogen-bond donors (Lipinski definition) is 0. The molecule has 0 aromatic carbocycles. The minimum Gasteiger partial charge on any atom is -0.462 e. The molecule has 0 aromatic rings. The molecule has 0 heterocycles. The molecule has 0 aliphatic carbocycles. The molecule has 0 spiro atoms. The van der Waals surface area contributed by atoms with Crippen LogP contribution in [0.15, 0.2) is 134 Å². The normalized spacial score (nSPS) is 13.2. The van der Waals surface area contributed by atoms with Crippen molar-refractivity contribution >= 4 is 17.9 Å². The van der Waals surface area contributed by atoms with Gasteiger partial charge in [-0.15, -0.1) is 0 Å². The van der Waals surface area contributed by atoms with E-state index >= 15 is 0 Å². The first-order valence-electron chi connectivity index (χ1n) is 26.2. The molecule has 0 rings (SSSR count). The zero-order valence-electron chi connectivity index (χ0n) is 42.1. The van der Waals surface area contributed by atoms with Crippen molar-refractivity contribution in [3.63, 3.8) is 0 Å². The van der Waals surface area contributed by atoms with Gasteiger partial charge in [0.15, 0.2) is 6.10 Å². The van der Waals surface area contributed by atoms with Crippen LogP contribution in [-0.4, -0.2) is 37.2 Å². The Morgan fingerprint density at radius 1 is 0.333 bits per heavy atom. The van der Waals surface area contributed by atoms with Crippen LogP contribution in [-0.2, 0) is 28.6 Å². The van der Waals surface area contributed by atoms with Crippen LogP contribution < -0.4 is 0 Å². The van der Waals surface area contributed by atoms with E-state index in [-0.39, 0.29) is 31.6 Å². The third-order valence-corrected chi connectivity index (χ3v) is 10.4. The second-order valence-electron chi connectivity index (χ2n) is 16.7. The van der Waals surface area contributed by atoms with Crippen LogP contribution in [0, 0.1) is 0 Å². The lowest BCUT2D eigenvalue weighted by Gasteiger charge is -2.18. The van der Waals surface area contributed by atoms with E-state index in [9.17, 15) is 14.4 Å². The molecule has 6 heteroatoms. The second kappa shape index (κ2) is 53.2. The summed E-state index contributed by atoms with van der Waals surface area (Å²) in [5.41, 5.74) is 0. The Labute approximate surface area is 405 Å². The Morgan fingerprint density at radius 3 is 1.00 bits per heavy atom. The van der Waals surface area contributed by atoms with E-state index in [1.54, 1.807) is 6.08 Å². The molecule has 370 valence electrons. The standard InChI is InChI=1S/C60H94O6/c1-4-7-10-13-16-19-22-24-26-27-28-29-30-31-32-33-35-36-38-41-44-47-50-53-59(62)65-56-57(55-64-58(61)52-49-46-43-40-21-18-15-12-9-6-3)66-60(63)54-51-48-45-42-39-37-34-25-23-20-17-14-11-8-5-2/h7-8,10-11,16-17,19-20,24-26,28-29,31-32,34-36,39,42,48,51,57H,4-6,9,12-15,18,21-23,27,30,33,37-38,40-41,43-47,49-50,52-56H2,1-3H3/b10-7-,11-8-,19-16-,20-17-,26-24-,29-28-,32-31-,34-25-,36-35-,42-39-,51-48-. The number of ether oxygens (including phenoxy) is 3. The molecule has 0 radical (unpaired) electrons. The fraction of sp³-hybridized carbons (Fsp3) is 0.583. The first-order valence-corrected chi connectivity index (χ1v) is 26.2. The molecule has 6 nitrogen and oxygen atoms in total. The lowest BCUT2D eigenvalue weighted by atomic mass is 10.1. The Bertz CT molecular complexity index is 1460. The lowest BCUT2D eigenvalue weighted by molar-refractivity contribution is -0.166. The summed E-state index contributed by atoms with van der Waals surface area (Å²) in [7, 11) is 0. The lowest BCUT2D eigenvalue weighted by Crippen LogP contribution is -2.30. The van der Waals surface area contributed by atoms with Crippen molar-refractivity contribution in [1.29, 1.82) is 0 Å². The first kappa shape index (κ1) is 61.5. The highest BCUT2D eigenvalue weighted by Crippen LogP contribution is 2.13. The second-order valence-corrected chi connectivity index (χ2v) is 16.7. The topological polar surface area (TPSA) is 78.9 Å². The van der Waals surface area contributed by atoms with Crippen LogP contribution in [0.4, 0.5) is 0 Å². The van der Waals surface area contributed by atoms with E-state index in [1.807, 2.05) is 6.08 Å². The van der Waals surface area contributed by atoms with Crippen LogP contribution >= 0.6 is 0 Å². The third kappa shape index (κ3) is 50.5. The average Bonchev–Trinajstić information content (AvgIpc) is 3.31. The van der Waals surface area contributed by atoms with Crippen molar-refractivity contribution in [2.75, 3.05) is 13.2 Å². The predicted octanol–water partition coefficient (Wildman–Crippen LogP) is 17.5. The van der Waals surface area contributed by atoms with Crippen LogP contribution in [0.25, 0.3) is 0 Å². The molecular formula is C60H94O6. The van der Waals surface area contributed by atoms with E-state index in [1.165, 1.54) is 44.9 Å². The number of unbranched alkanes of at least 4 members (excludes halogenated alkanes) is 13. The Hall–Kier alpha value is -4.45. The SMILES string of the molecule is CC/C=C\C/C=C\C/C=C\C/C=C\C/C=C\C/C=C\CCCCCCC(=O)OCC(COC(=O)CCCCCCCCCCCC)OC(=O)C/C=C\C/C=C\C/C=C\C/C=C\C/C=C\CC. The summed E-state index contributed by atoms with van der Waals surface area (Å²) in [6.07, 6.45) is 74.6. The van der Waals surface area contributed by atoms with E-state index in [0.29, 0.717) is 19.3 Å². The number of carbonyl (C=O) groups excluding carboxylic acids is 3. The van der Waals surface area contributed by atoms with Gasteiger partial charge >= 0.3 is 17.9 Å². The highest BCUT2D eigenvalue weighted by Gasteiger charge is 2.19. The quantitative estimate of drug-likeness (QED) is 0.0262. The summed E-state index contributed by atoms with van der Waals surface area (Å²) < 4.78 is 16.6. The monoisotopic (exact) mass is 911 g/mol. The fourth-order valence-corrected chi connectivity index (χ4v) is 6.58. The first-order chi connectivity index (χ1) is 32.5. The van der Waals surface area contributed by atoms with E-state index in [2.05, 4.69) is 142 Å². The Morgan fingerprint density at radius 2 is 0.636 bits per heavy atom. The van der Waals surface area contributed by atoms with Gasteiger partial charge in [-0.2, -0.15) is 0 Å². The van der Waals surface area contributed by atoms with E-state index in [4.69, 9.17) is 14.2 Å². The summed E-state index contributed by atoms with van der Waals surface area (Å²) in [6, 6.07) is 0. The summed E-state index contributed by atoms with van der Waals surface area (Å²) in [4.78, 5) is 37.9. The highest BCUT2D eigenvalue weighted by atomic mass is 16.6. The molecule has 1 unspecified atom stereocenters. The van der Waals surface area contributed by atoms with Gasteiger partial charge in [-0.05, 0) is 96.3 Å².